The summed E-state index contributed by atoms with van der Waals surface area (Å²) in [6, 6.07) is 9.27. The number of thiocarbonyl (C=S) groups is 1. The lowest BCUT2D eigenvalue weighted by Crippen LogP contribution is -2.41. The molecule has 1 unspecified atom stereocenters. The highest BCUT2D eigenvalue weighted by atomic mass is 32.2. The topological polar surface area (TPSA) is 33.2 Å². The summed E-state index contributed by atoms with van der Waals surface area (Å²) in [4.78, 5) is 19.8. The third-order valence-electron chi connectivity index (χ3n) is 4.00. The van der Waals surface area contributed by atoms with E-state index < -0.39 is 5.92 Å². The van der Waals surface area contributed by atoms with Gasteiger partial charge in [-0.25, -0.2) is 4.39 Å². The van der Waals surface area contributed by atoms with Gasteiger partial charge in [0.2, 0.25) is 0 Å². The fourth-order valence-electron chi connectivity index (χ4n) is 2.71. The molecule has 0 spiro atoms. The molecule has 0 amide bonds. The van der Waals surface area contributed by atoms with Gasteiger partial charge in [0, 0.05) is 42.6 Å². The second kappa shape index (κ2) is 7.85. The van der Waals surface area contributed by atoms with Gasteiger partial charge in [0.25, 0.3) is 0 Å². The van der Waals surface area contributed by atoms with Crippen LogP contribution >= 0.6 is 24.0 Å². The molecule has 3 rings (SSSR count). The lowest BCUT2D eigenvalue weighted by Gasteiger charge is -2.32. The zero-order chi connectivity index (χ0) is 16.9. The van der Waals surface area contributed by atoms with Gasteiger partial charge in [-0.15, -0.1) is 0 Å². The second-order valence-electron chi connectivity index (χ2n) is 5.52. The van der Waals surface area contributed by atoms with Gasteiger partial charge in [0.1, 0.15) is 5.82 Å². The first kappa shape index (κ1) is 17.0. The van der Waals surface area contributed by atoms with Crippen LogP contribution in [-0.2, 0) is 0 Å². The quantitative estimate of drug-likeness (QED) is 0.615. The molecule has 0 radical (unpaired) electrons. The first-order valence-electron chi connectivity index (χ1n) is 7.73. The minimum atomic E-state index is -0.545. The average Bonchev–Trinajstić information content (AvgIpc) is 2.64. The van der Waals surface area contributed by atoms with E-state index in [1.165, 1.54) is 24.3 Å². The number of halogens is 1. The van der Waals surface area contributed by atoms with Crippen LogP contribution in [-0.4, -0.2) is 45.3 Å². The predicted molar refractivity (Wildman–Crippen MR) is 99.2 cm³/mol. The van der Waals surface area contributed by atoms with Gasteiger partial charge in [-0.2, -0.15) is 11.8 Å². The van der Waals surface area contributed by atoms with Crippen LogP contribution in [0, 0.1) is 5.82 Å². The van der Waals surface area contributed by atoms with Gasteiger partial charge >= 0.3 is 0 Å². The Morgan fingerprint density at radius 1 is 1.12 bits per heavy atom. The normalized spacial score (nSPS) is 15.8. The van der Waals surface area contributed by atoms with Crippen LogP contribution < -0.4 is 0 Å². The molecule has 124 valence electrons. The largest absolute Gasteiger partial charge is 0.364 e. The zero-order valence-electron chi connectivity index (χ0n) is 13.0. The van der Waals surface area contributed by atoms with E-state index in [0.29, 0.717) is 10.6 Å². The Balaban J connectivity index is 1.94. The summed E-state index contributed by atoms with van der Waals surface area (Å²) in [5.74, 6) is 1.01. The van der Waals surface area contributed by atoms with Crippen LogP contribution in [0.25, 0.3) is 0 Å². The number of rotatable bonds is 4. The Labute approximate surface area is 150 Å². The van der Waals surface area contributed by atoms with Crippen LogP contribution in [0.5, 0.6) is 0 Å². The summed E-state index contributed by atoms with van der Waals surface area (Å²) in [6.07, 6.45) is 3.32. The van der Waals surface area contributed by atoms with Crippen LogP contribution in [0.4, 0.5) is 4.39 Å². The Kier molecular flexibility index (Phi) is 5.58. The molecule has 1 fully saturated rings. The fraction of sp³-hybridized carbons (Fsp3) is 0.278. The van der Waals surface area contributed by atoms with Crippen molar-refractivity contribution in [3.05, 3.63) is 65.7 Å². The summed E-state index contributed by atoms with van der Waals surface area (Å²) in [5, 5.41) is 0. The fourth-order valence-corrected chi connectivity index (χ4v) is 4.04. The molecule has 6 heteroatoms. The summed E-state index contributed by atoms with van der Waals surface area (Å²) < 4.78 is 13.2. The number of Topliss-reactive ketones (excluding diaryl/α,β-unsaturated/α-hetero) is 1. The van der Waals surface area contributed by atoms with E-state index in [1.807, 2.05) is 23.9 Å². The van der Waals surface area contributed by atoms with E-state index in [4.69, 9.17) is 12.2 Å². The first-order chi connectivity index (χ1) is 11.7. The van der Waals surface area contributed by atoms with Crippen LogP contribution in [0.3, 0.4) is 0 Å². The van der Waals surface area contributed by atoms with Crippen molar-refractivity contribution in [3.8, 4) is 0 Å². The average molecular weight is 360 g/mol. The van der Waals surface area contributed by atoms with Crippen molar-refractivity contribution in [2.45, 2.75) is 5.92 Å². The predicted octanol–water partition coefficient (Wildman–Crippen LogP) is 3.56. The Morgan fingerprint density at radius 3 is 2.38 bits per heavy atom. The number of hydrogen-bond donors (Lipinski definition) is 0. The van der Waals surface area contributed by atoms with Gasteiger partial charge in [-0.05, 0) is 42.0 Å². The van der Waals surface area contributed by atoms with Crippen LogP contribution in [0.15, 0.2) is 48.8 Å². The summed E-state index contributed by atoms with van der Waals surface area (Å²) in [7, 11) is 0. The maximum Gasteiger partial charge on any atom is 0.177 e. The van der Waals surface area contributed by atoms with Crippen LogP contribution in [0.2, 0.25) is 0 Å². The van der Waals surface area contributed by atoms with E-state index in [-0.39, 0.29) is 11.6 Å². The third-order valence-corrected chi connectivity index (χ3v) is 5.44. The molecule has 0 bridgehead atoms. The second-order valence-corrected chi connectivity index (χ2v) is 7.17. The lowest BCUT2D eigenvalue weighted by atomic mass is 9.90. The van der Waals surface area contributed by atoms with E-state index >= 15 is 0 Å². The number of nitrogens with zero attached hydrogens (tertiary/aromatic N) is 2. The molecule has 1 saturated heterocycles. The molecule has 1 aromatic heterocycles. The third kappa shape index (κ3) is 3.82. The molecular weight excluding hydrogens is 343 g/mol. The molecule has 1 atom stereocenters. The van der Waals surface area contributed by atoms with E-state index in [9.17, 15) is 9.18 Å². The number of benzene rings is 1. The molecule has 0 aliphatic carbocycles. The Hall–Kier alpha value is -1.79. The number of carbonyl (C=O) groups is 1. The van der Waals surface area contributed by atoms with Crippen LogP contribution in [0.1, 0.15) is 21.8 Å². The zero-order valence-corrected chi connectivity index (χ0v) is 14.7. The minimum absolute atomic E-state index is 0.107. The lowest BCUT2D eigenvalue weighted by molar-refractivity contribution is 0.0979. The Morgan fingerprint density at radius 2 is 1.75 bits per heavy atom. The Bertz CT molecular complexity index is 716. The highest BCUT2D eigenvalue weighted by Gasteiger charge is 2.30. The minimum Gasteiger partial charge on any atom is -0.364 e. The number of ketones is 1. The summed E-state index contributed by atoms with van der Waals surface area (Å²) >= 11 is 7.57. The maximum absolute atomic E-state index is 13.2. The molecule has 0 N–H and O–H groups in total. The maximum atomic E-state index is 13.2. The first-order valence-corrected chi connectivity index (χ1v) is 9.29. The number of carbonyl (C=O) groups excluding carboxylic acids is 1. The van der Waals surface area contributed by atoms with Crippen molar-refractivity contribution in [1.82, 2.24) is 9.88 Å². The number of hydrogen-bond acceptors (Lipinski definition) is 4. The molecule has 2 heterocycles. The van der Waals surface area contributed by atoms with Gasteiger partial charge in [-0.1, -0.05) is 12.2 Å². The smallest absolute Gasteiger partial charge is 0.177 e. The molecule has 24 heavy (non-hydrogen) atoms. The van der Waals surface area contributed by atoms with E-state index in [2.05, 4.69) is 9.88 Å². The molecule has 0 saturated carbocycles. The molecule has 2 aromatic rings. The van der Waals surface area contributed by atoms with Gasteiger partial charge in [0.05, 0.1) is 10.9 Å². The molecule has 3 nitrogen and oxygen atoms in total. The molecular formula is C18H17FN2OS2. The van der Waals surface area contributed by atoms with Crippen molar-refractivity contribution >= 4 is 34.8 Å². The summed E-state index contributed by atoms with van der Waals surface area (Å²) in [6.45, 7) is 1.70. The highest BCUT2D eigenvalue weighted by molar-refractivity contribution is 7.99. The van der Waals surface area contributed by atoms with Gasteiger partial charge in [-0.3, -0.25) is 9.78 Å². The number of pyridine rings is 1. The monoisotopic (exact) mass is 360 g/mol. The van der Waals surface area contributed by atoms with Crippen molar-refractivity contribution < 1.29 is 9.18 Å². The standard InChI is InChI=1S/C18H17FN2OS2/c19-15-3-1-14(2-4-15)17(22)16(13-5-7-20-8-6-13)18(23)21-9-11-24-12-10-21/h1-8,16H,9-12H2. The van der Waals surface area contributed by atoms with Crippen molar-refractivity contribution in [2.75, 3.05) is 24.6 Å². The number of thioether (sulfide) groups is 1. The number of aromatic nitrogens is 1. The van der Waals surface area contributed by atoms with Crippen molar-refractivity contribution in [1.29, 1.82) is 0 Å². The van der Waals surface area contributed by atoms with E-state index in [0.717, 1.165) is 30.2 Å². The SMILES string of the molecule is O=C(c1ccc(F)cc1)C(C(=S)N1CCSCC1)c1ccncc1. The van der Waals surface area contributed by atoms with Gasteiger partial charge < -0.3 is 4.90 Å². The molecule has 1 aliphatic rings. The van der Waals surface area contributed by atoms with E-state index in [1.54, 1.807) is 12.4 Å². The molecule has 1 aliphatic heterocycles. The van der Waals surface area contributed by atoms with Gasteiger partial charge in [0.15, 0.2) is 5.78 Å². The van der Waals surface area contributed by atoms with Crippen molar-refractivity contribution in [3.63, 3.8) is 0 Å². The molecule has 1 aromatic carbocycles. The summed E-state index contributed by atoms with van der Waals surface area (Å²) in [5.41, 5.74) is 1.29. The highest BCUT2D eigenvalue weighted by Crippen LogP contribution is 2.26. The van der Waals surface area contributed by atoms with Crippen molar-refractivity contribution in [2.24, 2.45) is 0 Å².